The molecule has 2 unspecified atom stereocenters. The van der Waals surface area contributed by atoms with Crippen LogP contribution in [-0.4, -0.2) is 15.6 Å². The van der Waals surface area contributed by atoms with Crippen molar-refractivity contribution in [1.29, 1.82) is 0 Å². The van der Waals surface area contributed by atoms with Crippen molar-refractivity contribution in [3.63, 3.8) is 0 Å². The molecule has 0 aliphatic heterocycles. The first-order valence-corrected chi connectivity index (χ1v) is 8.41. The van der Waals surface area contributed by atoms with Gasteiger partial charge in [-0.15, -0.1) is 0 Å². The molecule has 1 aliphatic rings. The molecular formula is C16H25BrN2O. The highest BCUT2D eigenvalue weighted by atomic mass is 79.9. The number of halogens is 1. The van der Waals surface area contributed by atoms with Crippen LogP contribution >= 0.6 is 15.9 Å². The fraction of sp³-hybridized carbons (Fsp3) is 0.750. The van der Waals surface area contributed by atoms with Crippen LogP contribution < -0.4 is 0 Å². The van der Waals surface area contributed by atoms with Crippen LogP contribution in [0.4, 0.5) is 0 Å². The average molecular weight is 341 g/mol. The second-order valence-corrected chi connectivity index (χ2v) is 7.55. The number of Topliss-reactive ketones (excluding diaryl/α,β-unsaturated/α-hetero) is 1. The number of aryl methyl sites for hydroxylation is 1. The van der Waals surface area contributed by atoms with Gasteiger partial charge in [-0.2, -0.15) is 5.10 Å². The summed E-state index contributed by atoms with van der Waals surface area (Å²) in [5, 5.41) is 4.47. The van der Waals surface area contributed by atoms with E-state index in [0.717, 1.165) is 36.7 Å². The molecule has 4 heteroatoms. The molecule has 1 saturated carbocycles. The summed E-state index contributed by atoms with van der Waals surface area (Å²) in [4.78, 5) is 12.5. The quantitative estimate of drug-likeness (QED) is 0.817. The van der Waals surface area contributed by atoms with Gasteiger partial charge in [0.2, 0.25) is 0 Å². The zero-order valence-corrected chi connectivity index (χ0v) is 14.5. The van der Waals surface area contributed by atoms with E-state index in [4.69, 9.17) is 0 Å². The summed E-state index contributed by atoms with van der Waals surface area (Å²) in [5.41, 5.74) is 1.01. The smallest absolute Gasteiger partial charge is 0.137 e. The van der Waals surface area contributed by atoms with Crippen LogP contribution in [0, 0.1) is 11.8 Å². The number of hydrogen-bond acceptors (Lipinski definition) is 2. The van der Waals surface area contributed by atoms with E-state index in [9.17, 15) is 4.79 Å². The normalized spacial score (nSPS) is 24.1. The largest absolute Gasteiger partial charge is 0.299 e. The van der Waals surface area contributed by atoms with Crippen LogP contribution in [0.15, 0.2) is 10.7 Å². The van der Waals surface area contributed by atoms with Crippen molar-refractivity contribution in [2.24, 2.45) is 11.8 Å². The van der Waals surface area contributed by atoms with Crippen LogP contribution in [0.1, 0.15) is 59.1 Å². The second-order valence-electron chi connectivity index (χ2n) is 6.69. The van der Waals surface area contributed by atoms with E-state index in [0.29, 0.717) is 11.7 Å². The van der Waals surface area contributed by atoms with Crippen LogP contribution in [0.5, 0.6) is 0 Å². The molecule has 0 spiro atoms. The second kappa shape index (κ2) is 6.00. The fourth-order valence-electron chi connectivity index (χ4n) is 3.51. The van der Waals surface area contributed by atoms with Gasteiger partial charge in [0.1, 0.15) is 5.78 Å². The highest BCUT2D eigenvalue weighted by Gasteiger charge is 2.42. The lowest BCUT2D eigenvalue weighted by molar-refractivity contribution is -0.128. The Hall–Kier alpha value is -0.640. The SMILES string of the molecule is CCCn1ncc(Br)c1C(C)(C)C1CCC(C)CC1=O. The van der Waals surface area contributed by atoms with E-state index in [1.54, 1.807) is 0 Å². The van der Waals surface area contributed by atoms with Crippen LogP contribution in [-0.2, 0) is 16.8 Å². The van der Waals surface area contributed by atoms with E-state index in [-0.39, 0.29) is 11.3 Å². The molecule has 1 aromatic heterocycles. The minimum atomic E-state index is -0.165. The lowest BCUT2D eigenvalue weighted by Crippen LogP contribution is -2.40. The topological polar surface area (TPSA) is 34.9 Å². The Morgan fingerprint density at radius 2 is 2.15 bits per heavy atom. The van der Waals surface area contributed by atoms with Gasteiger partial charge in [-0.05, 0) is 41.1 Å². The highest BCUT2D eigenvalue weighted by molar-refractivity contribution is 9.10. The summed E-state index contributed by atoms with van der Waals surface area (Å²) in [6.45, 7) is 9.62. The van der Waals surface area contributed by atoms with E-state index >= 15 is 0 Å². The van der Waals surface area contributed by atoms with E-state index < -0.39 is 0 Å². The van der Waals surface area contributed by atoms with Crippen LogP contribution in [0.25, 0.3) is 0 Å². The molecule has 0 bridgehead atoms. The number of carbonyl (C=O) groups is 1. The molecule has 0 saturated heterocycles. The highest BCUT2D eigenvalue weighted by Crippen LogP contribution is 2.42. The third-order valence-electron chi connectivity index (χ3n) is 4.60. The Morgan fingerprint density at radius 3 is 2.75 bits per heavy atom. The Kier molecular flexibility index (Phi) is 4.73. The first-order valence-electron chi connectivity index (χ1n) is 7.62. The molecule has 0 amide bonds. The molecule has 1 aromatic rings. The van der Waals surface area contributed by atoms with Gasteiger partial charge in [0.25, 0.3) is 0 Å². The Balaban J connectivity index is 2.34. The van der Waals surface area contributed by atoms with Gasteiger partial charge in [0, 0.05) is 24.3 Å². The summed E-state index contributed by atoms with van der Waals surface area (Å²) in [6.07, 6.45) is 5.79. The summed E-state index contributed by atoms with van der Waals surface area (Å²) >= 11 is 3.63. The number of ketones is 1. The maximum Gasteiger partial charge on any atom is 0.137 e. The number of aromatic nitrogens is 2. The third-order valence-corrected chi connectivity index (χ3v) is 5.18. The summed E-state index contributed by atoms with van der Waals surface area (Å²) in [6, 6.07) is 0. The number of hydrogen-bond donors (Lipinski definition) is 0. The summed E-state index contributed by atoms with van der Waals surface area (Å²) in [7, 11) is 0. The molecule has 2 rings (SSSR count). The molecule has 1 aliphatic carbocycles. The Morgan fingerprint density at radius 1 is 1.45 bits per heavy atom. The van der Waals surface area contributed by atoms with Crippen molar-refractivity contribution < 1.29 is 4.79 Å². The first-order chi connectivity index (χ1) is 9.37. The van der Waals surface area contributed by atoms with Crippen LogP contribution in [0.2, 0.25) is 0 Å². The molecule has 0 radical (unpaired) electrons. The van der Waals surface area contributed by atoms with Gasteiger partial charge in [0.05, 0.1) is 16.4 Å². The van der Waals surface area contributed by atoms with E-state index in [1.165, 1.54) is 5.69 Å². The number of nitrogens with zero attached hydrogens (tertiary/aromatic N) is 2. The monoisotopic (exact) mass is 340 g/mol. The van der Waals surface area contributed by atoms with Crippen molar-refractivity contribution in [2.75, 3.05) is 0 Å². The zero-order chi connectivity index (χ0) is 14.9. The fourth-order valence-corrected chi connectivity index (χ4v) is 4.32. The standard InChI is InChI=1S/C16H25BrN2O/c1-5-8-19-15(13(17)10-18-19)16(3,4)12-7-6-11(2)9-14(12)20/h10-12H,5-9H2,1-4H3. The van der Waals surface area contributed by atoms with Crippen molar-refractivity contribution in [3.05, 3.63) is 16.4 Å². The molecule has 0 N–H and O–H groups in total. The van der Waals surface area contributed by atoms with Crippen LogP contribution in [0.3, 0.4) is 0 Å². The Labute approximate surface area is 130 Å². The molecule has 2 atom stereocenters. The lowest BCUT2D eigenvalue weighted by atomic mass is 9.67. The van der Waals surface area contributed by atoms with Gasteiger partial charge < -0.3 is 0 Å². The van der Waals surface area contributed by atoms with Crippen molar-refractivity contribution in [1.82, 2.24) is 9.78 Å². The molecule has 112 valence electrons. The minimum absolute atomic E-state index is 0.113. The molecule has 3 nitrogen and oxygen atoms in total. The average Bonchev–Trinajstić information content (AvgIpc) is 2.71. The first kappa shape index (κ1) is 15.7. The molecule has 20 heavy (non-hydrogen) atoms. The van der Waals surface area contributed by atoms with Crippen molar-refractivity contribution in [3.8, 4) is 0 Å². The predicted octanol–water partition coefficient (Wildman–Crippen LogP) is 4.34. The number of rotatable bonds is 4. The lowest BCUT2D eigenvalue weighted by Gasteiger charge is -2.38. The summed E-state index contributed by atoms with van der Waals surface area (Å²) in [5.74, 6) is 1.07. The van der Waals surface area contributed by atoms with Gasteiger partial charge >= 0.3 is 0 Å². The van der Waals surface area contributed by atoms with Crippen molar-refractivity contribution >= 4 is 21.7 Å². The number of carbonyl (C=O) groups excluding carboxylic acids is 1. The molecule has 1 fully saturated rings. The third kappa shape index (κ3) is 2.85. The maximum absolute atomic E-state index is 12.5. The minimum Gasteiger partial charge on any atom is -0.299 e. The Bertz CT molecular complexity index is 493. The van der Waals surface area contributed by atoms with E-state index in [1.807, 2.05) is 6.20 Å². The molecular weight excluding hydrogens is 316 g/mol. The van der Waals surface area contributed by atoms with E-state index in [2.05, 4.69) is 53.4 Å². The van der Waals surface area contributed by atoms with Gasteiger partial charge in [-0.1, -0.05) is 27.7 Å². The van der Waals surface area contributed by atoms with Gasteiger partial charge in [-0.3, -0.25) is 9.48 Å². The summed E-state index contributed by atoms with van der Waals surface area (Å²) < 4.78 is 3.09. The maximum atomic E-state index is 12.5. The molecule has 0 aromatic carbocycles. The molecule has 1 heterocycles. The zero-order valence-electron chi connectivity index (χ0n) is 12.9. The van der Waals surface area contributed by atoms with Gasteiger partial charge in [0.15, 0.2) is 0 Å². The van der Waals surface area contributed by atoms with Crippen molar-refractivity contribution in [2.45, 2.75) is 65.3 Å². The van der Waals surface area contributed by atoms with Gasteiger partial charge in [-0.25, -0.2) is 0 Å². The predicted molar refractivity (Wildman–Crippen MR) is 84.8 cm³/mol.